The van der Waals surface area contributed by atoms with Gasteiger partial charge in [0.1, 0.15) is 0 Å². The van der Waals surface area contributed by atoms with Crippen molar-refractivity contribution in [2.75, 3.05) is 11.9 Å². The van der Waals surface area contributed by atoms with Gasteiger partial charge in [-0.1, -0.05) is 6.42 Å². The van der Waals surface area contributed by atoms with Crippen LogP contribution in [0.25, 0.3) is 0 Å². The Bertz CT molecular complexity index is 499. The number of anilines is 1. The Morgan fingerprint density at radius 3 is 2.57 bits per heavy atom. The number of carboxylic acid groups (broad SMARTS) is 1. The molecule has 0 heterocycles. The average Bonchev–Trinajstić information content (AvgIpc) is 2.48. The van der Waals surface area contributed by atoms with Crippen molar-refractivity contribution in [3.05, 3.63) is 29.8 Å². The van der Waals surface area contributed by atoms with Gasteiger partial charge in [-0.3, -0.25) is 9.59 Å². The zero-order valence-electron chi connectivity index (χ0n) is 12.3. The maximum atomic E-state index is 11.7. The first-order valence-corrected chi connectivity index (χ1v) is 7.47. The van der Waals surface area contributed by atoms with Crippen molar-refractivity contribution in [1.82, 2.24) is 5.32 Å². The van der Waals surface area contributed by atoms with Crippen LogP contribution in [0.1, 0.15) is 43.0 Å². The fraction of sp³-hybridized carbons (Fsp3) is 0.500. The zero-order chi connectivity index (χ0) is 15.2. The predicted octanol–water partition coefficient (Wildman–Crippen LogP) is 2.49. The van der Waals surface area contributed by atoms with Crippen LogP contribution in [0.4, 0.5) is 5.69 Å². The number of amides is 1. The van der Waals surface area contributed by atoms with Gasteiger partial charge in [0.05, 0.1) is 5.92 Å². The van der Waals surface area contributed by atoms with Crippen LogP contribution >= 0.6 is 0 Å². The Morgan fingerprint density at radius 2 is 1.95 bits per heavy atom. The lowest BCUT2D eigenvalue weighted by Gasteiger charge is -2.28. The molecule has 0 bridgehead atoms. The number of carboxylic acids is 1. The maximum Gasteiger partial charge on any atom is 0.306 e. The van der Waals surface area contributed by atoms with Gasteiger partial charge in [0.25, 0.3) is 5.91 Å². The molecule has 2 unspecified atom stereocenters. The number of hydrogen-bond acceptors (Lipinski definition) is 3. The molecule has 21 heavy (non-hydrogen) atoms. The van der Waals surface area contributed by atoms with Crippen LogP contribution in [0.2, 0.25) is 0 Å². The summed E-state index contributed by atoms with van der Waals surface area (Å²) in [5.41, 5.74) is 1.56. The molecule has 5 heteroatoms. The van der Waals surface area contributed by atoms with Gasteiger partial charge in [-0.15, -0.1) is 0 Å². The molecule has 1 aromatic carbocycles. The second kappa shape index (κ2) is 7.11. The number of carbonyl (C=O) groups is 2. The van der Waals surface area contributed by atoms with Crippen LogP contribution in [-0.2, 0) is 4.79 Å². The molecule has 3 N–H and O–H groups in total. The van der Waals surface area contributed by atoms with Crippen LogP contribution in [0, 0.1) is 5.92 Å². The summed E-state index contributed by atoms with van der Waals surface area (Å²) in [7, 11) is 0. The highest BCUT2D eigenvalue weighted by molar-refractivity contribution is 5.94. The first kappa shape index (κ1) is 15.4. The van der Waals surface area contributed by atoms with Crippen LogP contribution in [-0.4, -0.2) is 29.6 Å². The van der Waals surface area contributed by atoms with E-state index in [0.717, 1.165) is 24.9 Å². The number of nitrogens with one attached hydrogen (secondary N) is 2. The summed E-state index contributed by atoms with van der Waals surface area (Å²) in [5.74, 6) is -1.02. The van der Waals surface area contributed by atoms with Gasteiger partial charge in [0.15, 0.2) is 0 Å². The Balaban J connectivity index is 1.94. The summed E-state index contributed by atoms with van der Waals surface area (Å²) in [6.07, 6.45) is 3.35. The van der Waals surface area contributed by atoms with E-state index in [0.29, 0.717) is 18.5 Å². The molecule has 114 valence electrons. The standard InChI is InChI=1S/C16H22N2O3/c1-2-17-15(19)11-6-8-13(9-7-11)18-14-5-3-4-12(10-14)16(20)21/h6-9,12,14,18H,2-5,10H2,1H3,(H,17,19)(H,20,21). The van der Waals surface area contributed by atoms with Gasteiger partial charge in [0, 0.05) is 23.8 Å². The quantitative estimate of drug-likeness (QED) is 0.778. The van der Waals surface area contributed by atoms with Gasteiger partial charge >= 0.3 is 5.97 Å². The molecule has 0 spiro atoms. The van der Waals surface area contributed by atoms with Crippen LogP contribution in [0.3, 0.4) is 0 Å². The molecule has 1 aromatic rings. The molecule has 2 atom stereocenters. The number of benzene rings is 1. The van der Waals surface area contributed by atoms with Crippen LogP contribution in [0.15, 0.2) is 24.3 Å². The monoisotopic (exact) mass is 290 g/mol. The minimum atomic E-state index is -0.701. The molecular formula is C16H22N2O3. The van der Waals surface area contributed by atoms with Crippen molar-refractivity contribution < 1.29 is 14.7 Å². The second-order valence-electron chi connectivity index (χ2n) is 5.48. The van der Waals surface area contributed by atoms with E-state index in [4.69, 9.17) is 5.11 Å². The summed E-state index contributed by atoms with van der Waals surface area (Å²) in [4.78, 5) is 22.7. The molecule has 1 aliphatic carbocycles. The average molecular weight is 290 g/mol. The minimum Gasteiger partial charge on any atom is -0.481 e. The fourth-order valence-electron chi connectivity index (χ4n) is 2.76. The molecule has 1 fully saturated rings. The number of hydrogen-bond donors (Lipinski definition) is 3. The second-order valence-corrected chi connectivity index (χ2v) is 5.48. The third kappa shape index (κ3) is 4.21. The SMILES string of the molecule is CCNC(=O)c1ccc(NC2CCCC(C(=O)O)C2)cc1. The largest absolute Gasteiger partial charge is 0.481 e. The van der Waals surface area contributed by atoms with Crippen molar-refractivity contribution in [3.8, 4) is 0 Å². The first-order valence-electron chi connectivity index (χ1n) is 7.47. The van der Waals surface area contributed by atoms with E-state index in [1.54, 1.807) is 12.1 Å². The van der Waals surface area contributed by atoms with Crippen molar-refractivity contribution in [1.29, 1.82) is 0 Å². The molecular weight excluding hydrogens is 268 g/mol. The van der Waals surface area contributed by atoms with Gasteiger partial charge in [-0.25, -0.2) is 0 Å². The predicted molar refractivity (Wildman–Crippen MR) is 81.5 cm³/mol. The third-order valence-corrected chi connectivity index (χ3v) is 3.88. The van der Waals surface area contributed by atoms with E-state index in [1.807, 2.05) is 19.1 Å². The summed E-state index contributed by atoms with van der Waals surface area (Å²) in [6.45, 7) is 2.49. The molecule has 1 aliphatic rings. The zero-order valence-corrected chi connectivity index (χ0v) is 12.3. The van der Waals surface area contributed by atoms with Gasteiger partial charge in [0.2, 0.25) is 0 Å². The Hall–Kier alpha value is -2.04. The Kier molecular flexibility index (Phi) is 5.20. The Morgan fingerprint density at radius 1 is 1.24 bits per heavy atom. The molecule has 0 radical (unpaired) electrons. The highest BCUT2D eigenvalue weighted by atomic mass is 16.4. The third-order valence-electron chi connectivity index (χ3n) is 3.88. The topological polar surface area (TPSA) is 78.4 Å². The fourth-order valence-corrected chi connectivity index (χ4v) is 2.76. The van der Waals surface area contributed by atoms with Gasteiger partial charge < -0.3 is 15.7 Å². The first-order chi connectivity index (χ1) is 10.1. The van der Waals surface area contributed by atoms with Crippen molar-refractivity contribution >= 4 is 17.6 Å². The summed E-state index contributed by atoms with van der Waals surface area (Å²) >= 11 is 0. The van der Waals surface area contributed by atoms with Crippen LogP contribution < -0.4 is 10.6 Å². The summed E-state index contributed by atoms with van der Waals surface area (Å²) in [5, 5.41) is 15.2. The minimum absolute atomic E-state index is 0.0762. The van der Waals surface area contributed by atoms with E-state index in [1.165, 1.54) is 0 Å². The molecule has 1 saturated carbocycles. The number of carbonyl (C=O) groups excluding carboxylic acids is 1. The molecule has 2 rings (SSSR count). The highest BCUT2D eigenvalue weighted by Crippen LogP contribution is 2.27. The van der Waals surface area contributed by atoms with Crippen molar-refractivity contribution in [2.24, 2.45) is 5.92 Å². The van der Waals surface area contributed by atoms with Crippen molar-refractivity contribution in [3.63, 3.8) is 0 Å². The lowest BCUT2D eigenvalue weighted by atomic mass is 9.85. The lowest BCUT2D eigenvalue weighted by molar-refractivity contribution is -0.142. The molecule has 0 aromatic heterocycles. The Labute approximate surface area is 124 Å². The summed E-state index contributed by atoms with van der Waals surface area (Å²) in [6, 6.07) is 7.50. The molecule has 1 amide bonds. The summed E-state index contributed by atoms with van der Waals surface area (Å²) < 4.78 is 0. The molecule has 0 saturated heterocycles. The van der Waals surface area contributed by atoms with Crippen molar-refractivity contribution in [2.45, 2.75) is 38.6 Å². The van der Waals surface area contributed by atoms with Crippen LogP contribution in [0.5, 0.6) is 0 Å². The van der Waals surface area contributed by atoms with E-state index in [2.05, 4.69) is 10.6 Å². The molecule has 5 nitrogen and oxygen atoms in total. The van der Waals surface area contributed by atoms with Gasteiger partial charge in [-0.2, -0.15) is 0 Å². The maximum absolute atomic E-state index is 11.7. The van der Waals surface area contributed by atoms with E-state index in [9.17, 15) is 9.59 Å². The van der Waals surface area contributed by atoms with E-state index < -0.39 is 5.97 Å². The lowest BCUT2D eigenvalue weighted by Crippen LogP contribution is -2.31. The number of aliphatic carboxylic acids is 1. The number of rotatable bonds is 5. The van der Waals surface area contributed by atoms with Gasteiger partial charge in [-0.05, 0) is 50.5 Å². The van der Waals surface area contributed by atoms with E-state index >= 15 is 0 Å². The molecule has 0 aliphatic heterocycles. The normalized spacial score (nSPS) is 21.6. The highest BCUT2D eigenvalue weighted by Gasteiger charge is 2.26. The van der Waals surface area contributed by atoms with E-state index in [-0.39, 0.29) is 17.9 Å². The smallest absolute Gasteiger partial charge is 0.306 e.